The molecule has 0 atom stereocenters. The number of halogens is 1. The molecule has 0 N–H and O–H groups in total. The second kappa shape index (κ2) is 8.55. The van der Waals surface area contributed by atoms with Crippen LogP contribution in [0.15, 0.2) is 29.1 Å². The van der Waals surface area contributed by atoms with Crippen LogP contribution in [0.4, 0.5) is 4.39 Å². The number of thiophene rings is 1. The Morgan fingerprint density at radius 1 is 1.27 bits per heavy atom. The molecule has 2 aromatic heterocycles. The molecule has 0 bridgehead atoms. The van der Waals surface area contributed by atoms with Crippen molar-refractivity contribution in [3.05, 3.63) is 56.7 Å². The van der Waals surface area contributed by atoms with Gasteiger partial charge in [0.15, 0.2) is 0 Å². The Kier molecular flexibility index (Phi) is 5.85. The fourth-order valence-corrected chi connectivity index (χ4v) is 4.91. The first kappa shape index (κ1) is 20.5. The normalized spacial score (nSPS) is 13.7. The van der Waals surface area contributed by atoms with Crippen molar-refractivity contribution in [3.8, 4) is 5.75 Å². The summed E-state index contributed by atoms with van der Waals surface area (Å²) in [5, 5.41) is 0.560. The lowest BCUT2D eigenvalue weighted by Gasteiger charge is -2.17. The average Bonchev–Trinajstić information content (AvgIpc) is 2.89. The van der Waals surface area contributed by atoms with Gasteiger partial charge in [0.25, 0.3) is 11.5 Å². The van der Waals surface area contributed by atoms with Gasteiger partial charge >= 0.3 is 0 Å². The second-order valence-electron chi connectivity index (χ2n) is 7.56. The summed E-state index contributed by atoms with van der Waals surface area (Å²) in [5.41, 5.74) is 0.662. The molecule has 158 valence electrons. The number of ether oxygens (including phenoxy) is 1. The van der Waals surface area contributed by atoms with Gasteiger partial charge in [-0.2, -0.15) is 0 Å². The summed E-state index contributed by atoms with van der Waals surface area (Å²) in [7, 11) is 1.70. The van der Waals surface area contributed by atoms with Gasteiger partial charge in [-0.1, -0.05) is 6.42 Å². The third-order valence-electron chi connectivity index (χ3n) is 5.46. The Morgan fingerprint density at radius 3 is 2.80 bits per heavy atom. The maximum absolute atomic E-state index is 13.1. The lowest BCUT2D eigenvalue weighted by atomic mass is 10.2. The molecule has 0 unspecified atom stereocenters. The molecule has 0 radical (unpaired) electrons. The van der Waals surface area contributed by atoms with Crippen molar-refractivity contribution in [3.63, 3.8) is 0 Å². The molecule has 0 spiro atoms. The van der Waals surface area contributed by atoms with E-state index < -0.39 is 0 Å². The molecule has 30 heavy (non-hydrogen) atoms. The van der Waals surface area contributed by atoms with Crippen molar-refractivity contribution in [2.45, 2.75) is 39.2 Å². The molecule has 3 aromatic rings. The van der Waals surface area contributed by atoms with Crippen molar-refractivity contribution < 1.29 is 13.9 Å². The number of fused-ring (bicyclic) bond motifs is 2. The number of carbonyl (C=O) groups excluding carboxylic acids is 1. The van der Waals surface area contributed by atoms with Crippen LogP contribution in [-0.2, 0) is 13.0 Å². The molecule has 4 rings (SSSR count). The second-order valence-corrected chi connectivity index (χ2v) is 8.56. The van der Waals surface area contributed by atoms with Crippen LogP contribution in [0.2, 0.25) is 0 Å². The van der Waals surface area contributed by atoms with E-state index in [0.717, 1.165) is 31.5 Å². The zero-order chi connectivity index (χ0) is 21.3. The molecule has 1 amide bonds. The van der Waals surface area contributed by atoms with Crippen LogP contribution in [0, 0.1) is 12.7 Å². The molecular formula is C22H24FN3O3S. The van der Waals surface area contributed by atoms with E-state index >= 15 is 0 Å². The summed E-state index contributed by atoms with van der Waals surface area (Å²) in [5.74, 6) is 0.898. The Labute approximate surface area is 177 Å². The van der Waals surface area contributed by atoms with Gasteiger partial charge in [-0.3, -0.25) is 14.2 Å². The standard InChI is InChI=1S/C22H24FN3O3S/c1-14-18-20(24-17-6-4-3-5-11-26(17)21(18)27)30-19(14)22(28)25(2)12-13-29-16-9-7-15(23)8-10-16/h7-10H,3-6,11-13H2,1-2H3. The predicted octanol–water partition coefficient (Wildman–Crippen LogP) is 3.78. The van der Waals surface area contributed by atoms with Gasteiger partial charge in [0, 0.05) is 20.0 Å². The minimum Gasteiger partial charge on any atom is -0.492 e. The van der Waals surface area contributed by atoms with Gasteiger partial charge in [-0.05, 0) is 49.6 Å². The summed E-state index contributed by atoms with van der Waals surface area (Å²) in [4.78, 5) is 33.5. The molecular weight excluding hydrogens is 405 g/mol. The number of hydrogen-bond donors (Lipinski definition) is 0. The number of benzene rings is 1. The Morgan fingerprint density at radius 2 is 2.03 bits per heavy atom. The van der Waals surface area contributed by atoms with Gasteiger partial charge in [-0.25, -0.2) is 9.37 Å². The van der Waals surface area contributed by atoms with E-state index in [1.807, 2.05) is 6.92 Å². The van der Waals surface area contributed by atoms with Crippen LogP contribution >= 0.6 is 11.3 Å². The third kappa shape index (κ3) is 3.96. The maximum Gasteiger partial charge on any atom is 0.264 e. The van der Waals surface area contributed by atoms with Gasteiger partial charge in [0.2, 0.25) is 0 Å². The number of likely N-dealkylation sites (N-methyl/N-ethyl adjacent to an activating group) is 1. The lowest BCUT2D eigenvalue weighted by molar-refractivity contribution is 0.0778. The smallest absolute Gasteiger partial charge is 0.264 e. The topological polar surface area (TPSA) is 64.4 Å². The van der Waals surface area contributed by atoms with Crippen molar-refractivity contribution in [1.29, 1.82) is 0 Å². The number of nitrogens with zero attached hydrogens (tertiary/aromatic N) is 3. The van der Waals surface area contributed by atoms with Gasteiger partial charge in [0.05, 0.1) is 16.8 Å². The molecule has 3 heterocycles. The van der Waals surface area contributed by atoms with Crippen molar-refractivity contribution in [1.82, 2.24) is 14.5 Å². The summed E-state index contributed by atoms with van der Waals surface area (Å²) >= 11 is 1.29. The summed E-state index contributed by atoms with van der Waals surface area (Å²) in [6.07, 6.45) is 3.91. The van der Waals surface area contributed by atoms with Gasteiger partial charge in [0.1, 0.15) is 28.8 Å². The van der Waals surface area contributed by atoms with Crippen LogP contribution < -0.4 is 10.3 Å². The number of carbonyl (C=O) groups is 1. The van der Waals surface area contributed by atoms with Crippen LogP contribution in [0.25, 0.3) is 10.2 Å². The molecule has 1 aliphatic heterocycles. The molecule has 1 aliphatic rings. The first-order valence-electron chi connectivity index (χ1n) is 10.1. The van der Waals surface area contributed by atoms with Crippen molar-refractivity contribution >= 4 is 27.5 Å². The number of amides is 1. The van der Waals surface area contributed by atoms with E-state index in [2.05, 4.69) is 0 Å². The number of aromatic nitrogens is 2. The first-order valence-corrected chi connectivity index (χ1v) is 10.9. The summed E-state index contributed by atoms with van der Waals surface area (Å²) < 4.78 is 20.3. The molecule has 1 aromatic carbocycles. The highest BCUT2D eigenvalue weighted by Gasteiger charge is 2.24. The number of hydrogen-bond acceptors (Lipinski definition) is 5. The number of aryl methyl sites for hydroxylation is 2. The Hall–Kier alpha value is -2.74. The summed E-state index contributed by atoms with van der Waals surface area (Å²) in [6.45, 7) is 3.16. The van der Waals surface area contributed by atoms with Gasteiger partial charge < -0.3 is 9.64 Å². The van der Waals surface area contributed by atoms with Crippen LogP contribution in [0.3, 0.4) is 0 Å². The Bertz CT molecular complexity index is 1140. The fraction of sp³-hybridized carbons (Fsp3) is 0.409. The SMILES string of the molecule is Cc1c(C(=O)N(C)CCOc2ccc(F)cc2)sc2nc3n(c(=O)c12)CCCCC3. The molecule has 0 saturated carbocycles. The lowest BCUT2D eigenvalue weighted by Crippen LogP contribution is -2.30. The zero-order valence-electron chi connectivity index (χ0n) is 17.1. The minimum atomic E-state index is -0.322. The van der Waals surface area contributed by atoms with Crippen molar-refractivity contribution in [2.24, 2.45) is 0 Å². The minimum absolute atomic E-state index is 0.0352. The number of rotatable bonds is 5. The highest BCUT2D eigenvalue weighted by atomic mass is 32.1. The maximum atomic E-state index is 13.1. The molecule has 6 nitrogen and oxygen atoms in total. The third-order valence-corrected chi connectivity index (χ3v) is 6.64. The van der Waals surface area contributed by atoms with E-state index in [4.69, 9.17) is 9.72 Å². The quantitative estimate of drug-likeness (QED) is 0.619. The van der Waals surface area contributed by atoms with Crippen molar-refractivity contribution in [2.75, 3.05) is 20.2 Å². The Balaban J connectivity index is 1.52. The van der Waals surface area contributed by atoms with E-state index in [1.165, 1.54) is 23.5 Å². The van der Waals surface area contributed by atoms with Crippen LogP contribution in [-0.4, -0.2) is 40.6 Å². The summed E-state index contributed by atoms with van der Waals surface area (Å²) in [6, 6.07) is 5.77. The van der Waals surface area contributed by atoms with E-state index in [-0.39, 0.29) is 23.9 Å². The van der Waals surface area contributed by atoms with E-state index in [0.29, 0.717) is 39.5 Å². The van der Waals surface area contributed by atoms with Crippen LogP contribution in [0.5, 0.6) is 5.75 Å². The van der Waals surface area contributed by atoms with Gasteiger partial charge in [-0.15, -0.1) is 11.3 Å². The highest BCUT2D eigenvalue weighted by Crippen LogP contribution is 2.29. The largest absolute Gasteiger partial charge is 0.492 e. The molecule has 0 saturated heterocycles. The molecule has 0 fully saturated rings. The molecule has 0 aliphatic carbocycles. The molecule has 8 heteroatoms. The zero-order valence-corrected chi connectivity index (χ0v) is 17.9. The highest BCUT2D eigenvalue weighted by molar-refractivity contribution is 7.20. The predicted molar refractivity (Wildman–Crippen MR) is 115 cm³/mol. The first-order chi connectivity index (χ1) is 14.5. The van der Waals surface area contributed by atoms with E-state index in [1.54, 1.807) is 28.6 Å². The average molecular weight is 430 g/mol. The fourth-order valence-electron chi connectivity index (χ4n) is 3.72. The van der Waals surface area contributed by atoms with Crippen LogP contribution in [0.1, 0.15) is 40.3 Å². The monoisotopic (exact) mass is 429 g/mol. The van der Waals surface area contributed by atoms with E-state index in [9.17, 15) is 14.0 Å².